The van der Waals surface area contributed by atoms with Crippen molar-refractivity contribution in [1.82, 2.24) is 31.1 Å². The minimum absolute atomic E-state index is 0.0343. The third-order valence-electron chi connectivity index (χ3n) is 4.66. The topological polar surface area (TPSA) is 123 Å². The van der Waals surface area contributed by atoms with E-state index < -0.39 is 18.0 Å². The van der Waals surface area contributed by atoms with Crippen LogP contribution in [0.15, 0.2) is 0 Å². The van der Waals surface area contributed by atoms with E-state index in [0.29, 0.717) is 19.5 Å². The molecular formula is C18H32N6O4. The van der Waals surface area contributed by atoms with Crippen LogP contribution in [0.3, 0.4) is 0 Å². The summed E-state index contributed by atoms with van der Waals surface area (Å²) in [7, 11) is 0. The van der Waals surface area contributed by atoms with Crippen molar-refractivity contribution in [3.63, 3.8) is 0 Å². The van der Waals surface area contributed by atoms with E-state index in [1.165, 1.54) is 9.80 Å². The highest BCUT2D eigenvalue weighted by Gasteiger charge is 2.38. The van der Waals surface area contributed by atoms with Crippen LogP contribution in [0.1, 0.15) is 40.5 Å². The summed E-state index contributed by atoms with van der Waals surface area (Å²) in [4.78, 5) is 52.8. The first-order valence-electron chi connectivity index (χ1n) is 9.89. The summed E-state index contributed by atoms with van der Waals surface area (Å²) in [6.45, 7) is 8.63. The van der Waals surface area contributed by atoms with Gasteiger partial charge in [-0.15, -0.1) is 0 Å². The van der Waals surface area contributed by atoms with Crippen LogP contribution >= 0.6 is 0 Å². The number of urea groups is 2. The van der Waals surface area contributed by atoms with E-state index in [4.69, 9.17) is 0 Å². The first kappa shape index (κ1) is 21.8. The number of piperidine rings is 1. The maximum absolute atomic E-state index is 12.9. The third kappa shape index (κ3) is 5.74. The van der Waals surface area contributed by atoms with Crippen molar-refractivity contribution in [2.45, 2.75) is 64.7 Å². The Bertz CT molecular complexity index is 609. The normalized spacial score (nSPS) is 22.7. The van der Waals surface area contributed by atoms with Crippen molar-refractivity contribution in [2.24, 2.45) is 0 Å². The van der Waals surface area contributed by atoms with Crippen molar-refractivity contribution in [1.29, 1.82) is 0 Å². The molecule has 2 aliphatic heterocycles. The molecule has 6 amide bonds. The molecule has 28 heavy (non-hydrogen) atoms. The lowest BCUT2D eigenvalue weighted by Gasteiger charge is -2.41. The maximum atomic E-state index is 12.9. The molecule has 4 N–H and O–H groups in total. The molecule has 0 aliphatic carbocycles. The van der Waals surface area contributed by atoms with E-state index in [2.05, 4.69) is 21.3 Å². The van der Waals surface area contributed by atoms with E-state index in [1.54, 1.807) is 0 Å². The van der Waals surface area contributed by atoms with Crippen LogP contribution in [0.2, 0.25) is 0 Å². The highest BCUT2D eigenvalue weighted by atomic mass is 16.2. The van der Waals surface area contributed by atoms with E-state index in [9.17, 15) is 19.2 Å². The molecule has 2 atom stereocenters. The van der Waals surface area contributed by atoms with Crippen LogP contribution in [0.25, 0.3) is 0 Å². The molecule has 0 aromatic carbocycles. The fourth-order valence-electron chi connectivity index (χ4n) is 3.28. The molecule has 10 heteroatoms. The van der Waals surface area contributed by atoms with Crippen molar-refractivity contribution < 1.29 is 19.2 Å². The Morgan fingerprint density at radius 2 is 1.68 bits per heavy atom. The number of carbonyl (C=O) groups excluding carboxylic acids is 4. The first-order chi connectivity index (χ1) is 13.2. The molecule has 158 valence electrons. The zero-order valence-electron chi connectivity index (χ0n) is 17.1. The predicted octanol–water partition coefficient (Wildman–Crippen LogP) is -0.397. The van der Waals surface area contributed by atoms with Gasteiger partial charge in [0.2, 0.25) is 11.8 Å². The highest BCUT2D eigenvalue weighted by molar-refractivity contribution is 5.93. The summed E-state index contributed by atoms with van der Waals surface area (Å²) in [6, 6.07) is -2.22. The van der Waals surface area contributed by atoms with Gasteiger partial charge in [-0.3, -0.25) is 9.59 Å². The summed E-state index contributed by atoms with van der Waals surface area (Å²) >= 11 is 0. The van der Waals surface area contributed by atoms with Crippen LogP contribution in [0.4, 0.5) is 9.59 Å². The van der Waals surface area contributed by atoms with Crippen LogP contribution in [-0.4, -0.2) is 84.0 Å². The largest absolute Gasteiger partial charge is 0.354 e. The zero-order chi connectivity index (χ0) is 20.8. The molecule has 2 unspecified atom stereocenters. The number of carbonyl (C=O) groups is 4. The smallest absolute Gasteiger partial charge is 0.318 e. The fraction of sp³-hybridized carbons (Fsp3) is 0.778. The summed E-state index contributed by atoms with van der Waals surface area (Å²) < 4.78 is 0. The molecule has 0 saturated carbocycles. The molecule has 10 nitrogen and oxygen atoms in total. The lowest BCUT2D eigenvalue weighted by molar-refractivity contribution is -0.133. The van der Waals surface area contributed by atoms with E-state index >= 15 is 0 Å². The molecule has 0 bridgehead atoms. The van der Waals surface area contributed by atoms with Gasteiger partial charge in [0.15, 0.2) is 0 Å². The van der Waals surface area contributed by atoms with Gasteiger partial charge < -0.3 is 31.1 Å². The van der Waals surface area contributed by atoms with Gasteiger partial charge in [0.1, 0.15) is 12.1 Å². The minimum atomic E-state index is -0.861. The lowest BCUT2D eigenvalue weighted by Crippen LogP contribution is -2.66. The van der Waals surface area contributed by atoms with Crippen molar-refractivity contribution in [2.75, 3.05) is 26.2 Å². The Balaban J connectivity index is 2.12. The molecule has 0 aromatic heterocycles. The molecule has 2 fully saturated rings. The minimum Gasteiger partial charge on any atom is -0.354 e. The SMILES string of the molecule is CC(C)NC(=O)N1CCN(C(=O)NC(C)C)C(C(=O)NC2CCCNC2=O)C1. The Morgan fingerprint density at radius 3 is 2.29 bits per heavy atom. The second-order valence-electron chi connectivity index (χ2n) is 7.86. The summed E-state index contributed by atoms with van der Waals surface area (Å²) in [5.41, 5.74) is 0. The molecule has 2 heterocycles. The van der Waals surface area contributed by atoms with Crippen LogP contribution in [0.5, 0.6) is 0 Å². The van der Waals surface area contributed by atoms with Gasteiger partial charge in [0, 0.05) is 31.7 Å². The van der Waals surface area contributed by atoms with Crippen molar-refractivity contribution in [3.05, 3.63) is 0 Å². The van der Waals surface area contributed by atoms with Crippen LogP contribution in [-0.2, 0) is 9.59 Å². The first-order valence-corrected chi connectivity index (χ1v) is 9.89. The lowest BCUT2D eigenvalue weighted by atomic mass is 10.1. The monoisotopic (exact) mass is 396 g/mol. The number of nitrogens with zero attached hydrogens (tertiary/aromatic N) is 2. The second kappa shape index (κ2) is 9.61. The maximum Gasteiger partial charge on any atom is 0.318 e. The number of hydrogen-bond acceptors (Lipinski definition) is 4. The van der Waals surface area contributed by atoms with Gasteiger partial charge in [-0.2, -0.15) is 0 Å². The molecule has 0 aromatic rings. The standard InChI is InChI=1S/C18H32N6O4/c1-11(2)20-17(27)23-8-9-24(18(28)21-12(3)4)14(10-23)16(26)22-13-6-5-7-19-15(13)25/h11-14H,5-10H2,1-4H3,(H,19,25)(H,20,27)(H,21,28)(H,22,26). The highest BCUT2D eigenvalue weighted by Crippen LogP contribution is 2.13. The Hall–Kier alpha value is -2.52. The van der Waals surface area contributed by atoms with Gasteiger partial charge in [0.25, 0.3) is 0 Å². The number of amides is 6. The Labute approximate surface area is 165 Å². The fourth-order valence-corrected chi connectivity index (χ4v) is 3.28. The molecular weight excluding hydrogens is 364 g/mol. The molecule has 2 saturated heterocycles. The average molecular weight is 396 g/mol. The Kier molecular flexibility index (Phi) is 7.47. The van der Waals surface area contributed by atoms with Gasteiger partial charge in [-0.25, -0.2) is 9.59 Å². The van der Waals surface area contributed by atoms with Gasteiger partial charge in [0.05, 0.1) is 6.54 Å². The van der Waals surface area contributed by atoms with Crippen LogP contribution < -0.4 is 21.3 Å². The van der Waals surface area contributed by atoms with Gasteiger partial charge in [-0.1, -0.05) is 0 Å². The molecule has 2 aliphatic rings. The average Bonchev–Trinajstić information content (AvgIpc) is 2.62. The van der Waals surface area contributed by atoms with Crippen molar-refractivity contribution in [3.8, 4) is 0 Å². The van der Waals surface area contributed by atoms with E-state index in [1.807, 2.05) is 27.7 Å². The number of nitrogens with one attached hydrogen (secondary N) is 4. The second-order valence-corrected chi connectivity index (χ2v) is 7.86. The van der Waals surface area contributed by atoms with Crippen molar-refractivity contribution >= 4 is 23.9 Å². The van der Waals surface area contributed by atoms with Gasteiger partial charge >= 0.3 is 12.1 Å². The molecule has 2 rings (SSSR count). The molecule has 0 radical (unpaired) electrons. The van der Waals surface area contributed by atoms with E-state index in [-0.39, 0.29) is 43.1 Å². The molecule has 0 spiro atoms. The summed E-state index contributed by atoms with van der Waals surface area (Å²) in [5.74, 6) is -0.647. The quantitative estimate of drug-likeness (QED) is 0.516. The van der Waals surface area contributed by atoms with Crippen LogP contribution in [0, 0.1) is 0 Å². The summed E-state index contributed by atoms with van der Waals surface area (Å²) in [5, 5.41) is 11.1. The number of rotatable bonds is 4. The van der Waals surface area contributed by atoms with Gasteiger partial charge in [-0.05, 0) is 40.5 Å². The number of hydrogen-bond donors (Lipinski definition) is 4. The summed E-state index contributed by atoms with van der Waals surface area (Å²) in [6.07, 6.45) is 1.34. The zero-order valence-corrected chi connectivity index (χ0v) is 17.1. The van der Waals surface area contributed by atoms with E-state index in [0.717, 1.165) is 6.42 Å². The Morgan fingerprint density at radius 1 is 1.04 bits per heavy atom. The number of piperazine rings is 1. The predicted molar refractivity (Wildman–Crippen MR) is 104 cm³/mol. The third-order valence-corrected chi connectivity index (χ3v) is 4.66.